The summed E-state index contributed by atoms with van der Waals surface area (Å²) in [5.74, 6) is 0.00684. The predicted octanol–water partition coefficient (Wildman–Crippen LogP) is 1.28. The number of carbonyl (C=O) groups is 2. The van der Waals surface area contributed by atoms with E-state index in [0.717, 1.165) is 24.2 Å². The standard InChI is InChI=1S/C22H22N6O4S/c1-12-2-3-13(7-18(12)33(23,31)32)6-17-10-19(25-16-4-5-16)28-21(26-17)15(11-24-28)8-14-9-20(29)27-22(14)30/h2-3,7-8,10-11,16,25H,4-6,9H2,1H3,(H2,23,31,32)(H,27,29,30)/b14-8+. The fourth-order valence-electron chi connectivity index (χ4n) is 3.84. The number of primary sulfonamides is 1. The van der Waals surface area contributed by atoms with Gasteiger partial charge in [0.1, 0.15) is 5.82 Å². The lowest BCUT2D eigenvalue weighted by molar-refractivity contribution is -0.124. The number of carbonyl (C=O) groups excluding carboxylic acids is 2. The minimum atomic E-state index is -3.84. The third-order valence-electron chi connectivity index (χ3n) is 5.65. The summed E-state index contributed by atoms with van der Waals surface area (Å²) in [7, 11) is -3.84. The maximum atomic E-state index is 12.0. The van der Waals surface area contributed by atoms with Gasteiger partial charge in [-0.2, -0.15) is 9.61 Å². The highest BCUT2D eigenvalue weighted by molar-refractivity contribution is 7.89. The number of rotatable bonds is 6. The van der Waals surface area contributed by atoms with Crippen LogP contribution in [0.5, 0.6) is 0 Å². The van der Waals surface area contributed by atoms with Gasteiger partial charge in [-0.1, -0.05) is 12.1 Å². The first-order chi connectivity index (χ1) is 15.7. The lowest BCUT2D eigenvalue weighted by Crippen LogP contribution is -2.19. The van der Waals surface area contributed by atoms with E-state index >= 15 is 0 Å². The lowest BCUT2D eigenvalue weighted by Gasteiger charge is -2.11. The van der Waals surface area contributed by atoms with Gasteiger partial charge < -0.3 is 5.32 Å². The van der Waals surface area contributed by atoms with Crippen molar-refractivity contribution in [3.8, 4) is 0 Å². The van der Waals surface area contributed by atoms with Gasteiger partial charge in [0.15, 0.2) is 5.65 Å². The molecule has 1 aromatic carbocycles. The molecule has 1 aliphatic carbocycles. The van der Waals surface area contributed by atoms with Crippen LogP contribution in [0.25, 0.3) is 11.7 Å². The average Bonchev–Trinajstić information content (AvgIpc) is 3.37. The molecule has 170 valence electrons. The van der Waals surface area contributed by atoms with Gasteiger partial charge >= 0.3 is 0 Å². The molecule has 0 atom stereocenters. The maximum Gasteiger partial charge on any atom is 0.254 e. The number of aromatic nitrogens is 3. The second-order valence-corrected chi connectivity index (χ2v) is 9.96. The van der Waals surface area contributed by atoms with Crippen molar-refractivity contribution in [1.29, 1.82) is 0 Å². The van der Waals surface area contributed by atoms with Crippen molar-refractivity contribution in [2.45, 2.75) is 43.5 Å². The van der Waals surface area contributed by atoms with E-state index in [0.29, 0.717) is 40.5 Å². The molecule has 2 aliphatic rings. The van der Waals surface area contributed by atoms with Crippen molar-refractivity contribution in [3.63, 3.8) is 0 Å². The van der Waals surface area contributed by atoms with Crippen molar-refractivity contribution >= 4 is 39.4 Å². The third-order valence-corrected chi connectivity index (χ3v) is 6.70. The summed E-state index contributed by atoms with van der Waals surface area (Å²) in [6.07, 6.45) is 5.76. The number of nitrogens with one attached hydrogen (secondary N) is 2. The molecule has 0 unspecified atom stereocenters. The number of imide groups is 1. The zero-order valence-corrected chi connectivity index (χ0v) is 18.6. The summed E-state index contributed by atoms with van der Waals surface area (Å²) >= 11 is 0. The number of aryl methyl sites for hydroxylation is 1. The Morgan fingerprint density at radius 2 is 2.06 bits per heavy atom. The Bertz CT molecular complexity index is 1450. The van der Waals surface area contributed by atoms with E-state index in [4.69, 9.17) is 10.1 Å². The average molecular weight is 467 g/mol. The fourth-order valence-corrected chi connectivity index (χ4v) is 4.67. The number of hydrogen-bond acceptors (Lipinski definition) is 7. The molecule has 1 saturated heterocycles. The van der Waals surface area contributed by atoms with Crippen molar-refractivity contribution in [3.05, 3.63) is 58.4 Å². The van der Waals surface area contributed by atoms with Crippen LogP contribution in [0, 0.1) is 6.92 Å². The minimum absolute atomic E-state index is 0.0166. The van der Waals surface area contributed by atoms with Crippen LogP contribution in [-0.4, -0.2) is 40.9 Å². The lowest BCUT2D eigenvalue weighted by atomic mass is 10.1. The van der Waals surface area contributed by atoms with E-state index in [1.165, 1.54) is 0 Å². The Balaban J connectivity index is 1.57. The first kappa shape index (κ1) is 21.3. The second-order valence-electron chi connectivity index (χ2n) is 8.43. The number of fused-ring (bicyclic) bond motifs is 1. The van der Waals surface area contributed by atoms with E-state index in [1.807, 2.05) is 12.1 Å². The molecule has 5 rings (SSSR count). The summed E-state index contributed by atoms with van der Waals surface area (Å²) in [4.78, 5) is 28.4. The van der Waals surface area contributed by atoms with Crippen LogP contribution in [0.2, 0.25) is 0 Å². The first-order valence-electron chi connectivity index (χ1n) is 10.5. The van der Waals surface area contributed by atoms with Crippen molar-refractivity contribution < 1.29 is 18.0 Å². The van der Waals surface area contributed by atoms with Gasteiger partial charge in [-0.25, -0.2) is 18.5 Å². The van der Waals surface area contributed by atoms with E-state index in [2.05, 4.69) is 15.7 Å². The molecule has 2 aromatic heterocycles. The van der Waals surface area contributed by atoms with Gasteiger partial charge in [-0.15, -0.1) is 0 Å². The molecule has 10 nitrogen and oxygen atoms in total. The molecule has 1 saturated carbocycles. The number of hydrogen-bond donors (Lipinski definition) is 3. The van der Waals surface area contributed by atoms with Crippen LogP contribution in [0.3, 0.4) is 0 Å². The summed E-state index contributed by atoms with van der Waals surface area (Å²) in [6.45, 7) is 1.70. The number of benzene rings is 1. The first-order valence-corrected chi connectivity index (χ1v) is 12.0. The molecule has 2 amide bonds. The topological polar surface area (TPSA) is 149 Å². The predicted molar refractivity (Wildman–Crippen MR) is 121 cm³/mol. The fraction of sp³-hybridized carbons (Fsp3) is 0.273. The Labute approximate surface area is 189 Å². The number of nitrogens with zero attached hydrogens (tertiary/aromatic N) is 3. The van der Waals surface area contributed by atoms with Crippen LogP contribution < -0.4 is 15.8 Å². The van der Waals surface area contributed by atoms with Crippen molar-refractivity contribution in [2.24, 2.45) is 5.14 Å². The normalized spacial score (nSPS) is 17.7. The SMILES string of the molecule is Cc1ccc(Cc2cc(NC3CC3)n3ncc(/C=C4\CC(=O)NC4=O)c3n2)cc1S(N)(=O)=O. The third kappa shape index (κ3) is 4.37. The van der Waals surface area contributed by atoms with Crippen LogP contribution in [0.1, 0.15) is 41.6 Å². The smallest absolute Gasteiger partial charge is 0.254 e. The number of anilines is 1. The summed E-state index contributed by atoms with van der Waals surface area (Å²) < 4.78 is 25.5. The quantitative estimate of drug-likeness (QED) is 0.366. The summed E-state index contributed by atoms with van der Waals surface area (Å²) in [5, 5.41) is 15.5. The van der Waals surface area contributed by atoms with Crippen LogP contribution >= 0.6 is 0 Å². The number of sulfonamides is 1. The van der Waals surface area contributed by atoms with Crippen LogP contribution in [-0.2, 0) is 26.0 Å². The molecule has 2 fully saturated rings. The maximum absolute atomic E-state index is 12.0. The molecule has 3 aromatic rings. The largest absolute Gasteiger partial charge is 0.367 e. The molecule has 1 aliphatic heterocycles. The Kier molecular flexibility index (Phi) is 5.02. The highest BCUT2D eigenvalue weighted by Gasteiger charge is 2.26. The molecule has 0 bridgehead atoms. The second kappa shape index (κ2) is 7.78. The van der Waals surface area contributed by atoms with Crippen LogP contribution in [0.4, 0.5) is 5.82 Å². The van der Waals surface area contributed by atoms with Crippen molar-refractivity contribution in [1.82, 2.24) is 19.9 Å². The Hall–Kier alpha value is -3.57. The van der Waals surface area contributed by atoms with Crippen LogP contribution in [0.15, 0.2) is 40.9 Å². The summed E-state index contributed by atoms with van der Waals surface area (Å²) in [5.41, 5.74) is 3.53. The van der Waals surface area contributed by atoms with Gasteiger partial charge in [0, 0.05) is 29.7 Å². The van der Waals surface area contributed by atoms with Gasteiger partial charge in [-0.05, 0) is 43.0 Å². The van der Waals surface area contributed by atoms with E-state index < -0.39 is 15.9 Å². The van der Waals surface area contributed by atoms with Gasteiger partial charge in [-0.3, -0.25) is 14.9 Å². The molecule has 4 N–H and O–H groups in total. The van der Waals surface area contributed by atoms with E-state index in [1.54, 1.807) is 35.8 Å². The zero-order valence-electron chi connectivity index (χ0n) is 17.8. The molecule has 0 spiro atoms. The zero-order chi connectivity index (χ0) is 23.3. The highest BCUT2D eigenvalue weighted by Crippen LogP contribution is 2.28. The molecule has 33 heavy (non-hydrogen) atoms. The van der Waals surface area contributed by atoms with E-state index in [-0.39, 0.29) is 17.2 Å². The number of nitrogens with two attached hydrogens (primary N) is 1. The molecule has 3 heterocycles. The van der Waals surface area contributed by atoms with Crippen molar-refractivity contribution in [2.75, 3.05) is 5.32 Å². The van der Waals surface area contributed by atoms with Gasteiger partial charge in [0.05, 0.1) is 23.2 Å². The highest BCUT2D eigenvalue weighted by atomic mass is 32.2. The molecular formula is C22H22N6O4S. The molecular weight excluding hydrogens is 444 g/mol. The molecule has 11 heteroatoms. The molecule has 0 radical (unpaired) electrons. The minimum Gasteiger partial charge on any atom is -0.367 e. The number of amides is 2. The van der Waals surface area contributed by atoms with Gasteiger partial charge in [0.2, 0.25) is 15.9 Å². The monoisotopic (exact) mass is 466 g/mol. The Morgan fingerprint density at radius 1 is 1.27 bits per heavy atom. The Morgan fingerprint density at radius 3 is 2.73 bits per heavy atom. The van der Waals surface area contributed by atoms with E-state index in [9.17, 15) is 18.0 Å². The summed E-state index contributed by atoms with van der Waals surface area (Å²) in [6, 6.07) is 7.38. The van der Waals surface area contributed by atoms with Gasteiger partial charge in [0.25, 0.3) is 5.91 Å².